The number of aromatic nitrogens is 2. The molecule has 1 heterocycles. The van der Waals surface area contributed by atoms with Crippen LogP contribution in [0, 0.1) is 11.6 Å². The zero-order chi connectivity index (χ0) is 19.9. The fourth-order valence-corrected chi connectivity index (χ4v) is 3.23. The first kappa shape index (κ1) is 19.8. The zero-order valence-electron chi connectivity index (χ0n) is 14.8. The molecule has 1 aromatic heterocycles. The van der Waals surface area contributed by atoms with Gasteiger partial charge in [0, 0.05) is 25.0 Å². The van der Waals surface area contributed by atoms with Gasteiger partial charge in [0.1, 0.15) is 0 Å². The topological polar surface area (TPSA) is 64.0 Å². The lowest BCUT2D eigenvalue weighted by Crippen LogP contribution is -2.28. The molecular weight excluding hydrogens is 384 g/mol. The van der Waals surface area contributed by atoms with Crippen LogP contribution in [0.15, 0.2) is 70.7 Å². The van der Waals surface area contributed by atoms with E-state index in [9.17, 15) is 18.4 Å². The Morgan fingerprint density at radius 2 is 1.89 bits per heavy atom. The summed E-state index contributed by atoms with van der Waals surface area (Å²) in [5.74, 6) is -2.23. The third kappa shape index (κ3) is 5.04. The molecule has 0 aliphatic rings. The first-order valence-corrected chi connectivity index (χ1v) is 9.49. The summed E-state index contributed by atoms with van der Waals surface area (Å²) >= 11 is 0.993. The zero-order valence-corrected chi connectivity index (χ0v) is 15.6. The fourth-order valence-electron chi connectivity index (χ4n) is 2.51. The summed E-state index contributed by atoms with van der Waals surface area (Å²) in [7, 11) is 0. The van der Waals surface area contributed by atoms with Gasteiger partial charge in [-0.15, -0.1) is 0 Å². The van der Waals surface area contributed by atoms with E-state index >= 15 is 0 Å². The second-order valence-electron chi connectivity index (χ2n) is 5.88. The minimum absolute atomic E-state index is 0.0266. The van der Waals surface area contributed by atoms with Crippen LogP contribution >= 0.6 is 11.8 Å². The van der Waals surface area contributed by atoms with Gasteiger partial charge in [-0.3, -0.25) is 14.2 Å². The maximum Gasteiger partial charge on any atom is 0.287 e. The number of amides is 1. The minimum atomic E-state index is -1.05. The van der Waals surface area contributed by atoms with Gasteiger partial charge in [-0.1, -0.05) is 42.1 Å². The van der Waals surface area contributed by atoms with Crippen molar-refractivity contribution >= 4 is 17.7 Å². The van der Waals surface area contributed by atoms with Crippen LogP contribution in [0.4, 0.5) is 8.78 Å². The van der Waals surface area contributed by atoms with Crippen LogP contribution in [-0.2, 0) is 11.2 Å². The fraction of sp³-hybridized carbons (Fsp3) is 0.150. The van der Waals surface area contributed by atoms with E-state index in [4.69, 9.17) is 0 Å². The standard InChI is InChI=1S/C20H17F2N3O2S/c21-16-7-6-15(12-17(16)22)25-11-10-24-19(20(25)27)28-13-18(26)23-9-8-14-4-2-1-3-5-14/h1-7,10-12H,8-9,13H2,(H,23,26). The number of carbonyl (C=O) groups excluding carboxylic acids is 1. The van der Waals surface area contributed by atoms with Gasteiger partial charge in [0.25, 0.3) is 5.56 Å². The smallest absolute Gasteiger partial charge is 0.287 e. The Kier molecular flexibility index (Phi) is 6.54. The summed E-state index contributed by atoms with van der Waals surface area (Å²) < 4.78 is 27.7. The molecular formula is C20H17F2N3O2S. The van der Waals surface area contributed by atoms with E-state index < -0.39 is 17.2 Å². The Balaban J connectivity index is 1.59. The van der Waals surface area contributed by atoms with Gasteiger partial charge in [-0.2, -0.15) is 0 Å². The van der Waals surface area contributed by atoms with Crippen molar-refractivity contribution < 1.29 is 13.6 Å². The van der Waals surface area contributed by atoms with Crippen LogP contribution in [-0.4, -0.2) is 27.8 Å². The lowest BCUT2D eigenvalue weighted by Gasteiger charge is -2.08. The molecule has 0 aliphatic carbocycles. The number of halogens is 2. The number of rotatable bonds is 7. The van der Waals surface area contributed by atoms with E-state index in [1.807, 2.05) is 30.3 Å². The first-order chi connectivity index (χ1) is 13.5. The molecule has 0 saturated heterocycles. The summed E-state index contributed by atoms with van der Waals surface area (Å²) in [6.45, 7) is 0.491. The van der Waals surface area contributed by atoms with Crippen LogP contribution in [0.5, 0.6) is 0 Å². The Morgan fingerprint density at radius 3 is 2.64 bits per heavy atom. The van der Waals surface area contributed by atoms with Crippen molar-refractivity contribution in [3.05, 3.63) is 88.5 Å². The van der Waals surface area contributed by atoms with Gasteiger partial charge in [0.2, 0.25) is 5.91 Å². The molecule has 144 valence electrons. The quantitative estimate of drug-likeness (QED) is 0.619. The largest absolute Gasteiger partial charge is 0.355 e. The maximum atomic E-state index is 13.4. The first-order valence-electron chi connectivity index (χ1n) is 8.51. The van der Waals surface area contributed by atoms with Crippen LogP contribution in [0.1, 0.15) is 5.56 Å². The third-order valence-corrected chi connectivity index (χ3v) is 4.87. The Hall–Kier alpha value is -3.00. The molecule has 1 N–H and O–H groups in total. The van der Waals surface area contributed by atoms with Crippen molar-refractivity contribution in [2.75, 3.05) is 12.3 Å². The van der Waals surface area contributed by atoms with Gasteiger partial charge in [-0.05, 0) is 24.1 Å². The summed E-state index contributed by atoms with van der Waals surface area (Å²) in [4.78, 5) is 28.5. The number of thioether (sulfide) groups is 1. The van der Waals surface area contributed by atoms with Crippen LogP contribution < -0.4 is 10.9 Å². The van der Waals surface area contributed by atoms with Gasteiger partial charge in [-0.25, -0.2) is 13.8 Å². The van der Waals surface area contributed by atoms with Gasteiger partial charge < -0.3 is 5.32 Å². The molecule has 3 rings (SSSR count). The molecule has 3 aromatic rings. The average Bonchev–Trinajstić information content (AvgIpc) is 2.70. The van der Waals surface area contributed by atoms with Crippen molar-refractivity contribution in [1.29, 1.82) is 0 Å². The molecule has 0 unspecified atom stereocenters. The Labute approximate surface area is 164 Å². The van der Waals surface area contributed by atoms with E-state index in [2.05, 4.69) is 10.3 Å². The number of hydrogen-bond acceptors (Lipinski definition) is 4. The highest BCUT2D eigenvalue weighted by Gasteiger charge is 2.11. The average molecular weight is 401 g/mol. The van der Waals surface area contributed by atoms with Crippen LogP contribution in [0.2, 0.25) is 0 Å². The molecule has 0 saturated carbocycles. The second kappa shape index (κ2) is 9.27. The van der Waals surface area contributed by atoms with Crippen molar-refractivity contribution in [1.82, 2.24) is 14.9 Å². The Morgan fingerprint density at radius 1 is 1.11 bits per heavy atom. The molecule has 0 aliphatic heterocycles. The summed E-state index contributed by atoms with van der Waals surface area (Å²) in [6, 6.07) is 12.9. The van der Waals surface area contributed by atoms with Gasteiger partial charge in [0.15, 0.2) is 16.7 Å². The number of carbonyl (C=O) groups is 1. The van der Waals surface area contributed by atoms with Crippen molar-refractivity contribution in [3.8, 4) is 5.69 Å². The predicted molar refractivity (Wildman–Crippen MR) is 104 cm³/mol. The minimum Gasteiger partial charge on any atom is -0.355 e. The number of hydrogen-bond donors (Lipinski definition) is 1. The Bertz CT molecular complexity index is 1030. The van der Waals surface area contributed by atoms with E-state index in [1.165, 1.54) is 18.5 Å². The molecule has 0 spiro atoms. The number of nitrogens with zero attached hydrogens (tertiary/aromatic N) is 2. The predicted octanol–water partition coefficient (Wildman–Crippen LogP) is 2.96. The van der Waals surface area contributed by atoms with Crippen molar-refractivity contribution in [2.45, 2.75) is 11.4 Å². The number of nitrogens with one attached hydrogen (secondary N) is 1. The maximum absolute atomic E-state index is 13.4. The second-order valence-corrected chi connectivity index (χ2v) is 6.84. The summed E-state index contributed by atoms with van der Waals surface area (Å²) in [5, 5.41) is 2.90. The molecule has 28 heavy (non-hydrogen) atoms. The molecule has 0 atom stereocenters. The highest BCUT2D eigenvalue weighted by atomic mass is 32.2. The highest BCUT2D eigenvalue weighted by Crippen LogP contribution is 2.14. The van der Waals surface area contributed by atoms with Gasteiger partial charge >= 0.3 is 0 Å². The van der Waals surface area contributed by atoms with Crippen molar-refractivity contribution in [3.63, 3.8) is 0 Å². The highest BCUT2D eigenvalue weighted by molar-refractivity contribution is 7.99. The molecule has 1 amide bonds. The van der Waals surface area contributed by atoms with Crippen molar-refractivity contribution in [2.24, 2.45) is 0 Å². The van der Waals surface area contributed by atoms with E-state index in [0.29, 0.717) is 13.0 Å². The monoisotopic (exact) mass is 401 g/mol. The normalized spacial score (nSPS) is 10.6. The number of benzene rings is 2. The third-order valence-electron chi connectivity index (χ3n) is 3.91. The summed E-state index contributed by atoms with van der Waals surface area (Å²) in [5.41, 5.74) is 0.797. The van der Waals surface area contributed by atoms with Gasteiger partial charge in [0.05, 0.1) is 11.4 Å². The molecule has 0 radical (unpaired) electrons. The van der Waals surface area contributed by atoms with E-state index in [-0.39, 0.29) is 22.4 Å². The van der Waals surface area contributed by atoms with Crippen LogP contribution in [0.25, 0.3) is 5.69 Å². The molecule has 2 aromatic carbocycles. The van der Waals surface area contributed by atoms with Crippen LogP contribution in [0.3, 0.4) is 0 Å². The molecule has 5 nitrogen and oxygen atoms in total. The molecule has 0 fully saturated rings. The van der Waals surface area contributed by atoms with E-state index in [0.717, 1.165) is 34.0 Å². The summed E-state index contributed by atoms with van der Waals surface area (Å²) in [6.07, 6.45) is 3.45. The lowest BCUT2D eigenvalue weighted by atomic mass is 10.1. The SMILES string of the molecule is O=C(CSc1nccn(-c2ccc(F)c(F)c2)c1=O)NCCc1ccccc1. The molecule has 0 bridgehead atoms. The van der Waals surface area contributed by atoms with E-state index in [1.54, 1.807) is 0 Å². The lowest BCUT2D eigenvalue weighted by molar-refractivity contribution is -0.118. The molecule has 8 heteroatoms.